The van der Waals surface area contributed by atoms with Crippen LogP contribution in [0, 0.1) is 0 Å². The minimum atomic E-state index is -1.74. The predicted molar refractivity (Wildman–Crippen MR) is 120 cm³/mol. The lowest BCUT2D eigenvalue weighted by atomic mass is 9.98. The molecule has 0 aromatic carbocycles. The number of anilines is 2. The number of carbonyl (C=O) groups is 1. The number of methoxy groups -OCH3 is 1. The Balaban J connectivity index is 1.48. The van der Waals surface area contributed by atoms with E-state index in [4.69, 9.17) is 9.26 Å². The van der Waals surface area contributed by atoms with Crippen LogP contribution in [-0.4, -0.2) is 66.5 Å². The average molecular weight is 462 g/mol. The number of aromatic nitrogens is 6. The third-order valence-corrected chi connectivity index (χ3v) is 5.60. The molecule has 5 rings (SSSR count). The molecule has 5 heterocycles. The molecule has 1 fully saturated rings. The number of carbonyl (C=O) groups excluding carboxylic acids is 1. The third-order valence-electron chi connectivity index (χ3n) is 5.60. The van der Waals surface area contributed by atoms with Gasteiger partial charge in [-0.05, 0) is 6.07 Å². The Morgan fingerprint density at radius 3 is 2.59 bits per heavy atom. The Labute approximate surface area is 194 Å². The van der Waals surface area contributed by atoms with Gasteiger partial charge in [-0.2, -0.15) is 5.10 Å². The molecule has 1 amide bonds. The Hall–Kier alpha value is -4.32. The second-order valence-electron chi connectivity index (χ2n) is 7.96. The zero-order valence-corrected chi connectivity index (χ0v) is 18.8. The van der Waals surface area contributed by atoms with Crippen molar-refractivity contribution in [2.24, 2.45) is 7.05 Å². The summed E-state index contributed by atoms with van der Waals surface area (Å²) in [6, 6.07) is 8.48. The molecular weight excluding hydrogens is 440 g/mol. The fourth-order valence-electron chi connectivity index (χ4n) is 3.72. The topological polar surface area (TPSA) is 144 Å². The van der Waals surface area contributed by atoms with Crippen LogP contribution in [0.25, 0.3) is 22.8 Å². The van der Waals surface area contributed by atoms with E-state index in [2.05, 4.69) is 30.5 Å². The summed E-state index contributed by atoms with van der Waals surface area (Å²) >= 11 is 0. The van der Waals surface area contributed by atoms with E-state index in [1.54, 1.807) is 49.3 Å². The molecular formula is C22H22N8O4. The molecule has 1 atom stereocenters. The van der Waals surface area contributed by atoms with Crippen LogP contribution in [0.15, 0.2) is 47.2 Å². The average Bonchev–Trinajstić information content (AvgIpc) is 3.56. The highest BCUT2D eigenvalue weighted by Gasteiger charge is 2.48. The van der Waals surface area contributed by atoms with E-state index in [1.165, 1.54) is 11.0 Å². The molecule has 4 aromatic heterocycles. The normalized spacial score (nSPS) is 17.9. The maximum atomic E-state index is 12.4. The maximum absolute atomic E-state index is 12.4. The van der Waals surface area contributed by atoms with Gasteiger partial charge in [-0.15, -0.1) is 0 Å². The van der Waals surface area contributed by atoms with Gasteiger partial charge < -0.3 is 24.6 Å². The minimum Gasteiger partial charge on any atom is -0.497 e. The fraction of sp³-hybridized carbons (Fsp3) is 0.273. The molecule has 12 heteroatoms. The molecule has 1 saturated heterocycles. The first-order valence-corrected chi connectivity index (χ1v) is 10.5. The molecule has 12 nitrogen and oxygen atoms in total. The number of hydrogen-bond donors (Lipinski definition) is 2. The molecule has 0 radical (unpaired) electrons. The van der Waals surface area contributed by atoms with E-state index in [9.17, 15) is 9.90 Å². The molecule has 1 aliphatic heterocycles. The van der Waals surface area contributed by atoms with Gasteiger partial charge in [0.1, 0.15) is 11.4 Å². The van der Waals surface area contributed by atoms with Gasteiger partial charge in [0.15, 0.2) is 11.6 Å². The molecule has 2 N–H and O–H groups in total. The summed E-state index contributed by atoms with van der Waals surface area (Å²) < 4.78 is 12.5. The van der Waals surface area contributed by atoms with Gasteiger partial charge in [0.2, 0.25) is 11.5 Å². The first kappa shape index (κ1) is 21.5. The van der Waals surface area contributed by atoms with Gasteiger partial charge in [0.05, 0.1) is 24.2 Å². The molecule has 174 valence electrons. The zero-order chi connectivity index (χ0) is 23.9. The fourth-order valence-corrected chi connectivity index (χ4v) is 3.72. The van der Waals surface area contributed by atoms with Crippen molar-refractivity contribution in [1.29, 1.82) is 0 Å². The van der Waals surface area contributed by atoms with E-state index >= 15 is 0 Å². The van der Waals surface area contributed by atoms with E-state index in [-0.39, 0.29) is 12.2 Å². The molecule has 4 aromatic rings. The molecule has 0 bridgehead atoms. The van der Waals surface area contributed by atoms with Crippen LogP contribution < -0.4 is 10.1 Å². The molecule has 0 spiro atoms. The maximum Gasteiger partial charge on any atom is 0.262 e. The van der Waals surface area contributed by atoms with Gasteiger partial charge in [-0.1, -0.05) is 5.16 Å². The van der Waals surface area contributed by atoms with E-state index in [0.717, 1.165) is 0 Å². The number of ether oxygens (including phenoxy) is 1. The van der Waals surface area contributed by atoms with Crippen LogP contribution in [0.5, 0.6) is 5.75 Å². The number of aryl methyl sites for hydroxylation is 1. The number of likely N-dealkylation sites (tertiary alicyclic amines) is 1. The lowest BCUT2D eigenvalue weighted by Crippen LogP contribution is -2.35. The van der Waals surface area contributed by atoms with Crippen molar-refractivity contribution in [3.05, 3.63) is 48.5 Å². The summed E-state index contributed by atoms with van der Waals surface area (Å²) in [6.07, 6.45) is 3.64. The van der Waals surface area contributed by atoms with Crippen molar-refractivity contribution in [1.82, 2.24) is 34.8 Å². The Morgan fingerprint density at radius 2 is 1.91 bits per heavy atom. The first-order chi connectivity index (χ1) is 16.4. The smallest absolute Gasteiger partial charge is 0.262 e. The highest BCUT2D eigenvalue weighted by Crippen LogP contribution is 2.35. The Kier molecular flexibility index (Phi) is 5.21. The number of nitrogens with zero attached hydrogens (tertiary/aromatic N) is 7. The van der Waals surface area contributed by atoms with Crippen molar-refractivity contribution in [3.8, 4) is 28.5 Å². The summed E-state index contributed by atoms with van der Waals surface area (Å²) in [5.74, 6) is 1.14. The Morgan fingerprint density at radius 1 is 1.12 bits per heavy atom. The van der Waals surface area contributed by atoms with E-state index < -0.39 is 11.5 Å². The van der Waals surface area contributed by atoms with Crippen molar-refractivity contribution >= 4 is 17.7 Å². The van der Waals surface area contributed by atoms with Crippen LogP contribution in [-0.2, 0) is 17.4 Å². The summed E-state index contributed by atoms with van der Waals surface area (Å²) in [4.78, 5) is 27.3. The third kappa shape index (κ3) is 3.83. The second-order valence-corrected chi connectivity index (χ2v) is 7.96. The number of rotatable bonds is 6. The standard InChI is InChI=1S/C22H22N8O4/c1-29-9-6-22(32,20(29)31)18-12-17(28-34-18)16-11-13(33-3)10-15(24-16)14-4-7-23-21(25-14)26-19-5-8-30(2)27-19/h4-5,7-8,10-12,32H,6,9H2,1-3H3,(H,23,25,26,27)/t22-/m1/s1. The number of pyridine rings is 1. The SMILES string of the molecule is COc1cc(-c2cc([C@]3(O)CCN(C)C3=O)on2)nc(-c2ccnc(Nc3ccn(C)n3)n2)c1. The van der Waals surface area contributed by atoms with Crippen molar-refractivity contribution in [2.75, 3.05) is 26.0 Å². The number of likely N-dealkylation sites (N-methyl/N-ethyl adjacent to an activating group) is 1. The lowest BCUT2D eigenvalue weighted by molar-refractivity contribution is -0.144. The number of aliphatic hydroxyl groups is 1. The quantitative estimate of drug-likeness (QED) is 0.434. The van der Waals surface area contributed by atoms with Gasteiger partial charge in [0, 0.05) is 63.7 Å². The largest absolute Gasteiger partial charge is 0.497 e. The summed E-state index contributed by atoms with van der Waals surface area (Å²) in [5, 5.41) is 22.2. The van der Waals surface area contributed by atoms with E-state index in [1.807, 2.05) is 13.2 Å². The number of nitrogens with one attached hydrogen (secondary N) is 1. The monoisotopic (exact) mass is 462 g/mol. The Bertz CT molecular complexity index is 1370. The molecule has 0 saturated carbocycles. The van der Waals surface area contributed by atoms with Gasteiger partial charge >= 0.3 is 0 Å². The number of hydrogen-bond acceptors (Lipinski definition) is 10. The predicted octanol–water partition coefficient (Wildman–Crippen LogP) is 1.73. The van der Waals surface area contributed by atoms with Crippen molar-refractivity contribution in [3.63, 3.8) is 0 Å². The summed E-state index contributed by atoms with van der Waals surface area (Å²) in [6.45, 7) is 0.426. The molecule has 0 aliphatic carbocycles. The molecule has 1 aliphatic rings. The zero-order valence-electron chi connectivity index (χ0n) is 18.8. The summed E-state index contributed by atoms with van der Waals surface area (Å²) in [5.41, 5.74) is 0.112. The van der Waals surface area contributed by atoms with Crippen molar-refractivity contribution < 1.29 is 19.2 Å². The highest BCUT2D eigenvalue weighted by molar-refractivity contribution is 5.87. The number of amides is 1. The van der Waals surface area contributed by atoms with Crippen LogP contribution in [0.3, 0.4) is 0 Å². The van der Waals surface area contributed by atoms with Crippen molar-refractivity contribution in [2.45, 2.75) is 12.0 Å². The molecule has 34 heavy (non-hydrogen) atoms. The summed E-state index contributed by atoms with van der Waals surface area (Å²) in [7, 11) is 4.99. The van der Waals surface area contributed by atoms with Crippen LogP contribution in [0.4, 0.5) is 11.8 Å². The molecule has 0 unspecified atom stereocenters. The lowest BCUT2D eigenvalue weighted by Gasteiger charge is -2.16. The highest BCUT2D eigenvalue weighted by atomic mass is 16.5. The van der Waals surface area contributed by atoms with Crippen LogP contribution >= 0.6 is 0 Å². The van der Waals surface area contributed by atoms with Crippen LogP contribution in [0.1, 0.15) is 12.2 Å². The van der Waals surface area contributed by atoms with Gasteiger partial charge in [-0.3, -0.25) is 9.48 Å². The van der Waals surface area contributed by atoms with E-state index in [0.29, 0.717) is 46.8 Å². The second kappa shape index (κ2) is 8.23. The minimum absolute atomic E-state index is 0.0758. The van der Waals surface area contributed by atoms with Gasteiger partial charge in [0.25, 0.3) is 5.91 Å². The van der Waals surface area contributed by atoms with Crippen LogP contribution in [0.2, 0.25) is 0 Å². The van der Waals surface area contributed by atoms with Gasteiger partial charge in [-0.25, -0.2) is 15.0 Å². The first-order valence-electron chi connectivity index (χ1n) is 10.5.